The highest BCUT2D eigenvalue weighted by Crippen LogP contribution is 2.22. The van der Waals surface area contributed by atoms with Gasteiger partial charge in [-0.15, -0.1) is 6.58 Å². The molecular weight excluding hydrogens is 198 g/mol. The first-order chi connectivity index (χ1) is 7.50. The fourth-order valence-electron chi connectivity index (χ4n) is 1.54. The van der Waals surface area contributed by atoms with Crippen molar-refractivity contribution >= 4 is 5.69 Å². The molecule has 0 aromatic heterocycles. The van der Waals surface area contributed by atoms with Crippen LogP contribution in [0.25, 0.3) is 0 Å². The second-order valence-corrected chi connectivity index (χ2v) is 4.50. The van der Waals surface area contributed by atoms with Gasteiger partial charge in [0.1, 0.15) is 0 Å². The minimum atomic E-state index is -0.382. The number of nitrogens with zero attached hydrogens (tertiary/aromatic N) is 1. The topological polar surface area (TPSA) is 23.5 Å². The second kappa shape index (κ2) is 5.71. The lowest BCUT2D eigenvalue weighted by atomic mass is 10.0. The maximum Gasteiger partial charge on any atom is 0.0793 e. The molecule has 1 aromatic carbocycles. The summed E-state index contributed by atoms with van der Waals surface area (Å²) in [6.07, 6.45) is 1.24. The predicted molar refractivity (Wildman–Crippen MR) is 69.8 cm³/mol. The summed E-state index contributed by atoms with van der Waals surface area (Å²) in [5.41, 5.74) is 3.24. The van der Waals surface area contributed by atoms with Crippen molar-refractivity contribution in [2.24, 2.45) is 0 Å². The molecule has 1 unspecified atom stereocenters. The highest BCUT2D eigenvalue weighted by atomic mass is 16.3. The maximum atomic E-state index is 9.94. The van der Waals surface area contributed by atoms with E-state index in [4.69, 9.17) is 0 Å². The molecule has 0 bridgehead atoms. The molecule has 0 fully saturated rings. The van der Waals surface area contributed by atoms with Crippen molar-refractivity contribution in [2.75, 3.05) is 19.0 Å². The maximum absolute atomic E-state index is 9.94. The summed E-state index contributed by atoms with van der Waals surface area (Å²) in [5.74, 6) is 0. The van der Waals surface area contributed by atoms with Crippen LogP contribution in [0, 0.1) is 0 Å². The molecule has 2 nitrogen and oxygen atoms in total. The average molecular weight is 219 g/mol. The minimum Gasteiger partial charge on any atom is -0.388 e. The molecule has 0 spiro atoms. The molecule has 0 amide bonds. The Morgan fingerprint density at radius 3 is 2.31 bits per heavy atom. The van der Waals surface area contributed by atoms with Gasteiger partial charge >= 0.3 is 0 Å². The Hall–Kier alpha value is -1.28. The van der Waals surface area contributed by atoms with Crippen LogP contribution >= 0.6 is 0 Å². The molecule has 1 rings (SSSR count). The third-order valence-electron chi connectivity index (χ3n) is 2.64. The summed E-state index contributed by atoms with van der Waals surface area (Å²) in [6.45, 7) is 5.83. The lowest BCUT2D eigenvalue weighted by Crippen LogP contribution is -2.08. The van der Waals surface area contributed by atoms with E-state index in [9.17, 15) is 5.11 Å². The highest BCUT2D eigenvalue weighted by molar-refractivity contribution is 5.46. The molecule has 0 radical (unpaired) electrons. The largest absolute Gasteiger partial charge is 0.388 e. The fourth-order valence-corrected chi connectivity index (χ4v) is 1.54. The number of anilines is 1. The smallest absolute Gasteiger partial charge is 0.0793 e. The molecule has 0 saturated carbocycles. The van der Waals surface area contributed by atoms with Crippen LogP contribution in [0.3, 0.4) is 0 Å². The zero-order chi connectivity index (χ0) is 12.1. The number of allylic oxidation sites excluding steroid dienone is 1. The van der Waals surface area contributed by atoms with E-state index < -0.39 is 0 Å². The van der Waals surface area contributed by atoms with Crippen molar-refractivity contribution in [3.05, 3.63) is 42.0 Å². The SMILES string of the molecule is C=C(C)CCC(O)c1ccc(N(C)C)cc1. The zero-order valence-corrected chi connectivity index (χ0v) is 10.4. The molecule has 0 aliphatic carbocycles. The van der Waals surface area contributed by atoms with Gasteiger partial charge < -0.3 is 10.0 Å². The number of benzene rings is 1. The van der Waals surface area contributed by atoms with Gasteiger partial charge in [-0.25, -0.2) is 0 Å². The number of hydrogen-bond acceptors (Lipinski definition) is 2. The molecule has 16 heavy (non-hydrogen) atoms. The molecule has 0 heterocycles. The molecule has 0 aliphatic heterocycles. The summed E-state index contributed by atoms with van der Waals surface area (Å²) in [6, 6.07) is 8.02. The van der Waals surface area contributed by atoms with Crippen LogP contribution in [0.4, 0.5) is 5.69 Å². The minimum absolute atomic E-state index is 0.382. The summed E-state index contributed by atoms with van der Waals surface area (Å²) >= 11 is 0. The van der Waals surface area contributed by atoms with Gasteiger partial charge in [-0.1, -0.05) is 17.7 Å². The Bertz CT molecular complexity index is 340. The Labute approximate surface area is 98.2 Å². The number of aliphatic hydroxyl groups is 1. The van der Waals surface area contributed by atoms with Crippen LogP contribution < -0.4 is 4.90 Å². The highest BCUT2D eigenvalue weighted by Gasteiger charge is 2.07. The van der Waals surface area contributed by atoms with Crippen LogP contribution in [0.15, 0.2) is 36.4 Å². The average Bonchev–Trinajstić information content (AvgIpc) is 2.26. The van der Waals surface area contributed by atoms with Crippen molar-refractivity contribution in [1.82, 2.24) is 0 Å². The number of aliphatic hydroxyl groups excluding tert-OH is 1. The van der Waals surface area contributed by atoms with Crippen LogP contribution in [0.5, 0.6) is 0 Å². The Morgan fingerprint density at radius 2 is 1.88 bits per heavy atom. The van der Waals surface area contributed by atoms with Crippen molar-refractivity contribution in [1.29, 1.82) is 0 Å². The van der Waals surface area contributed by atoms with E-state index in [2.05, 4.69) is 6.58 Å². The van der Waals surface area contributed by atoms with E-state index in [0.29, 0.717) is 0 Å². The lowest BCUT2D eigenvalue weighted by Gasteiger charge is -2.15. The van der Waals surface area contributed by atoms with Crippen LogP contribution in [-0.4, -0.2) is 19.2 Å². The van der Waals surface area contributed by atoms with Gasteiger partial charge in [0.25, 0.3) is 0 Å². The van der Waals surface area contributed by atoms with E-state index >= 15 is 0 Å². The lowest BCUT2D eigenvalue weighted by molar-refractivity contribution is 0.168. The number of rotatable bonds is 5. The van der Waals surface area contributed by atoms with Crippen molar-refractivity contribution in [3.8, 4) is 0 Å². The van der Waals surface area contributed by atoms with Crippen LogP contribution in [0.1, 0.15) is 31.4 Å². The molecule has 2 heteroatoms. The zero-order valence-electron chi connectivity index (χ0n) is 10.4. The Balaban J connectivity index is 2.62. The van der Waals surface area contributed by atoms with E-state index in [1.165, 1.54) is 0 Å². The third kappa shape index (κ3) is 3.70. The summed E-state index contributed by atoms with van der Waals surface area (Å²) < 4.78 is 0. The van der Waals surface area contributed by atoms with E-state index in [1.54, 1.807) is 0 Å². The first-order valence-electron chi connectivity index (χ1n) is 5.60. The van der Waals surface area contributed by atoms with Crippen molar-refractivity contribution in [2.45, 2.75) is 25.9 Å². The monoisotopic (exact) mass is 219 g/mol. The number of hydrogen-bond donors (Lipinski definition) is 1. The van der Waals surface area contributed by atoms with Crippen LogP contribution in [0.2, 0.25) is 0 Å². The molecule has 1 atom stereocenters. The van der Waals surface area contributed by atoms with Crippen LogP contribution in [-0.2, 0) is 0 Å². The summed E-state index contributed by atoms with van der Waals surface area (Å²) in [4.78, 5) is 2.05. The quantitative estimate of drug-likeness (QED) is 0.769. The van der Waals surface area contributed by atoms with Gasteiger partial charge in [0.05, 0.1) is 6.10 Å². The Kier molecular flexibility index (Phi) is 4.56. The van der Waals surface area contributed by atoms with Gasteiger partial charge in [-0.05, 0) is 37.5 Å². The predicted octanol–water partition coefficient (Wildman–Crippen LogP) is 3.14. The molecule has 1 N–H and O–H groups in total. The van der Waals surface area contributed by atoms with E-state index in [-0.39, 0.29) is 6.10 Å². The van der Waals surface area contributed by atoms with Crippen molar-refractivity contribution in [3.63, 3.8) is 0 Å². The standard InChI is InChI=1S/C14H21NO/c1-11(2)5-10-14(16)12-6-8-13(9-7-12)15(3)4/h6-9,14,16H,1,5,10H2,2-4H3. The van der Waals surface area contributed by atoms with Gasteiger partial charge in [0.15, 0.2) is 0 Å². The van der Waals surface area contributed by atoms with E-state index in [0.717, 1.165) is 29.7 Å². The molecule has 0 aliphatic rings. The molecule has 1 aromatic rings. The molecule has 0 saturated heterocycles. The molecular formula is C14H21NO. The Morgan fingerprint density at radius 1 is 1.31 bits per heavy atom. The van der Waals surface area contributed by atoms with E-state index in [1.807, 2.05) is 50.2 Å². The van der Waals surface area contributed by atoms with Gasteiger partial charge in [-0.2, -0.15) is 0 Å². The first-order valence-corrected chi connectivity index (χ1v) is 5.60. The molecule has 88 valence electrons. The van der Waals surface area contributed by atoms with Gasteiger partial charge in [0.2, 0.25) is 0 Å². The van der Waals surface area contributed by atoms with Gasteiger partial charge in [0, 0.05) is 19.8 Å². The first kappa shape index (κ1) is 12.8. The fraction of sp³-hybridized carbons (Fsp3) is 0.429. The van der Waals surface area contributed by atoms with Gasteiger partial charge in [-0.3, -0.25) is 0 Å². The third-order valence-corrected chi connectivity index (χ3v) is 2.64. The summed E-state index contributed by atoms with van der Waals surface area (Å²) in [7, 11) is 4.01. The normalized spacial score (nSPS) is 12.2. The second-order valence-electron chi connectivity index (χ2n) is 4.50. The van der Waals surface area contributed by atoms with Crippen molar-refractivity contribution < 1.29 is 5.11 Å². The summed E-state index contributed by atoms with van der Waals surface area (Å²) in [5, 5.41) is 9.94.